The minimum Gasteiger partial charge on any atom is -0.352 e. The molecule has 0 aliphatic carbocycles. The Hall–Kier alpha value is -1.85. The van der Waals surface area contributed by atoms with E-state index in [0.29, 0.717) is 0 Å². The second kappa shape index (κ2) is 5.29. The average Bonchev–Trinajstić information content (AvgIpc) is 2.22. The van der Waals surface area contributed by atoms with Gasteiger partial charge in [0.05, 0.1) is 0 Å². The molecular formula is C10H15N3O3. The number of aromatic nitrogens is 2. The lowest BCUT2D eigenvalue weighted by molar-refractivity contribution is -0.122. The third-order valence-corrected chi connectivity index (χ3v) is 2.23. The van der Waals surface area contributed by atoms with E-state index in [9.17, 15) is 14.4 Å². The maximum absolute atomic E-state index is 11.5. The molecule has 0 radical (unpaired) electrons. The third kappa shape index (κ3) is 3.38. The Kier molecular flexibility index (Phi) is 4.04. The summed E-state index contributed by atoms with van der Waals surface area (Å²) in [5, 5.41) is 2.73. The van der Waals surface area contributed by atoms with E-state index in [0.717, 1.165) is 11.0 Å². The Labute approximate surface area is 92.3 Å². The lowest BCUT2D eigenvalue weighted by Crippen LogP contribution is -2.38. The molecule has 2 N–H and O–H groups in total. The number of aromatic amines is 1. The van der Waals surface area contributed by atoms with Crippen molar-refractivity contribution in [3.8, 4) is 0 Å². The van der Waals surface area contributed by atoms with Crippen LogP contribution < -0.4 is 16.6 Å². The van der Waals surface area contributed by atoms with Gasteiger partial charge < -0.3 is 5.32 Å². The quantitative estimate of drug-likeness (QED) is 0.721. The predicted molar refractivity (Wildman–Crippen MR) is 59.2 cm³/mol. The highest BCUT2D eigenvalue weighted by atomic mass is 16.2. The Morgan fingerprint density at radius 2 is 2.25 bits per heavy atom. The van der Waals surface area contributed by atoms with Crippen molar-refractivity contribution in [3.05, 3.63) is 33.1 Å². The lowest BCUT2D eigenvalue weighted by atomic mass is 10.2. The molecule has 0 saturated heterocycles. The Balaban J connectivity index is 2.70. The van der Waals surface area contributed by atoms with Crippen molar-refractivity contribution in [2.45, 2.75) is 32.9 Å². The van der Waals surface area contributed by atoms with Crippen molar-refractivity contribution in [1.29, 1.82) is 0 Å². The number of carbonyl (C=O) groups is 1. The van der Waals surface area contributed by atoms with E-state index in [2.05, 4.69) is 10.3 Å². The highest BCUT2D eigenvalue weighted by Gasteiger charge is 2.07. The van der Waals surface area contributed by atoms with Crippen LogP contribution in [0.25, 0.3) is 0 Å². The van der Waals surface area contributed by atoms with E-state index < -0.39 is 11.2 Å². The van der Waals surface area contributed by atoms with Crippen LogP contribution in [0.1, 0.15) is 20.3 Å². The molecule has 0 spiro atoms. The van der Waals surface area contributed by atoms with Gasteiger partial charge in [-0.05, 0) is 13.3 Å². The molecule has 1 rings (SSSR count). The van der Waals surface area contributed by atoms with Crippen LogP contribution in [0.15, 0.2) is 21.9 Å². The Morgan fingerprint density at radius 3 is 2.81 bits per heavy atom. The zero-order chi connectivity index (χ0) is 12.1. The molecule has 88 valence electrons. The molecular weight excluding hydrogens is 210 g/mol. The fourth-order valence-corrected chi connectivity index (χ4v) is 1.15. The summed E-state index contributed by atoms with van der Waals surface area (Å²) < 4.78 is 1.15. The van der Waals surface area contributed by atoms with Gasteiger partial charge in [-0.15, -0.1) is 0 Å². The van der Waals surface area contributed by atoms with Crippen LogP contribution in [0, 0.1) is 0 Å². The van der Waals surface area contributed by atoms with E-state index in [-0.39, 0.29) is 18.5 Å². The van der Waals surface area contributed by atoms with E-state index in [4.69, 9.17) is 0 Å². The van der Waals surface area contributed by atoms with Gasteiger partial charge in [0.1, 0.15) is 6.54 Å². The largest absolute Gasteiger partial charge is 0.352 e. The van der Waals surface area contributed by atoms with Crippen molar-refractivity contribution >= 4 is 5.91 Å². The van der Waals surface area contributed by atoms with Gasteiger partial charge in [0.2, 0.25) is 5.91 Å². The number of rotatable bonds is 4. The second-order valence-corrected chi connectivity index (χ2v) is 3.61. The molecule has 16 heavy (non-hydrogen) atoms. The first-order valence-electron chi connectivity index (χ1n) is 5.12. The van der Waals surface area contributed by atoms with Gasteiger partial charge in [0.25, 0.3) is 5.56 Å². The van der Waals surface area contributed by atoms with Crippen LogP contribution in [0.4, 0.5) is 0 Å². The summed E-state index contributed by atoms with van der Waals surface area (Å²) in [6.07, 6.45) is 2.13. The molecule has 0 unspecified atom stereocenters. The van der Waals surface area contributed by atoms with Crippen LogP contribution >= 0.6 is 0 Å². The Bertz CT molecular complexity index is 475. The standard InChI is InChI=1S/C10H15N3O3/c1-3-7(2)11-9(15)6-13-5-4-8(14)12-10(13)16/h4-5,7H,3,6H2,1-2H3,(H,11,15)(H,12,14,16)/t7-/m1/s1. The van der Waals surface area contributed by atoms with Gasteiger partial charge in [-0.25, -0.2) is 4.79 Å². The van der Waals surface area contributed by atoms with Crippen LogP contribution in [0.3, 0.4) is 0 Å². The highest BCUT2D eigenvalue weighted by molar-refractivity contribution is 5.75. The van der Waals surface area contributed by atoms with Crippen LogP contribution in [0.2, 0.25) is 0 Å². The number of nitrogens with zero attached hydrogens (tertiary/aromatic N) is 1. The van der Waals surface area contributed by atoms with Crippen LogP contribution in [-0.2, 0) is 11.3 Å². The fraction of sp³-hybridized carbons (Fsp3) is 0.500. The highest BCUT2D eigenvalue weighted by Crippen LogP contribution is 1.88. The summed E-state index contributed by atoms with van der Waals surface area (Å²) in [5.41, 5.74) is -1.05. The molecule has 1 atom stereocenters. The zero-order valence-electron chi connectivity index (χ0n) is 9.32. The molecule has 1 aromatic heterocycles. The summed E-state index contributed by atoms with van der Waals surface area (Å²) in [6, 6.07) is 1.28. The van der Waals surface area contributed by atoms with Gasteiger partial charge in [-0.2, -0.15) is 0 Å². The van der Waals surface area contributed by atoms with Crippen LogP contribution in [0.5, 0.6) is 0 Å². The van der Waals surface area contributed by atoms with Gasteiger partial charge in [0, 0.05) is 18.3 Å². The molecule has 0 bridgehead atoms. The summed E-state index contributed by atoms with van der Waals surface area (Å²) in [6.45, 7) is 3.75. The van der Waals surface area contributed by atoms with E-state index >= 15 is 0 Å². The molecule has 6 heteroatoms. The molecule has 1 amide bonds. The van der Waals surface area contributed by atoms with Gasteiger partial charge >= 0.3 is 5.69 Å². The number of hydrogen-bond donors (Lipinski definition) is 2. The monoisotopic (exact) mass is 225 g/mol. The fourth-order valence-electron chi connectivity index (χ4n) is 1.15. The number of H-pyrrole nitrogens is 1. The maximum atomic E-state index is 11.5. The molecule has 0 aliphatic rings. The number of amides is 1. The first kappa shape index (κ1) is 12.2. The summed E-state index contributed by atoms with van der Waals surface area (Å²) >= 11 is 0. The number of carbonyl (C=O) groups excluding carboxylic acids is 1. The van der Waals surface area contributed by atoms with E-state index in [1.54, 1.807) is 0 Å². The minimum absolute atomic E-state index is 0.0750. The molecule has 0 aromatic carbocycles. The maximum Gasteiger partial charge on any atom is 0.328 e. The number of nitrogens with one attached hydrogen (secondary N) is 2. The lowest BCUT2D eigenvalue weighted by Gasteiger charge is -2.11. The molecule has 0 aliphatic heterocycles. The van der Waals surface area contributed by atoms with Crippen molar-refractivity contribution in [2.24, 2.45) is 0 Å². The topological polar surface area (TPSA) is 84.0 Å². The van der Waals surface area contributed by atoms with Gasteiger partial charge in [0.15, 0.2) is 0 Å². The summed E-state index contributed by atoms with van der Waals surface area (Å²) in [4.78, 5) is 35.6. The van der Waals surface area contributed by atoms with Crippen molar-refractivity contribution < 1.29 is 4.79 Å². The smallest absolute Gasteiger partial charge is 0.328 e. The molecule has 0 saturated carbocycles. The predicted octanol–water partition coefficient (Wildman–Crippen LogP) is -0.549. The zero-order valence-corrected chi connectivity index (χ0v) is 9.32. The van der Waals surface area contributed by atoms with Crippen LogP contribution in [-0.4, -0.2) is 21.5 Å². The van der Waals surface area contributed by atoms with Gasteiger partial charge in [-0.3, -0.25) is 19.1 Å². The normalized spacial score (nSPS) is 12.1. The van der Waals surface area contributed by atoms with Crippen molar-refractivity contribution in [3.63, 3.8) is 0 Å². The molecule has 0 fully saturated rings. The number of hydrogen-bond acceptors (Lipinski definition) is 3. The SMILES string of the molecule is CC[C@@H](C)NC(=O)Cn1ccc(=O)[nH]c1=O. The average molecular weight is 225 g/mol. The van der Waals surface area contributed by atoms with E-state index in [1.165, 1.54) is 12.3 Å². The molecule has 6 nitrogen and oxygen atoms in total. The molecule has 1 heterocycles. The Morgan fingerprint density at radius 1 is 1.56 bits per heavy atom. The third-order valence-electron chi connectivity index (χ3n) is 2.23. The van der Waals surface area contributed by atoms with Gasteiger partial charge in [-0.1, -0.05) is 6.92 Å². The first-order chi connectivity index (χ1) is 7.52. The van der Waals surface area contributed by atoms with Crippen molar-refractivity contribution in [2.75, 3.05) is 0 Å². The first-order valence-corrected chi connectivity index (χ1v) is 5.12. The molecule has 1 aromatic rings. The second-order valence-electron chi connectivity index (χ2n) is 3.61. The summed E-state index contributed by atoms with van der Waals surface area (Å²) in [7, 11) is 0. The minimum atomic E-state index is -0.577. The van der Waals surface area contributed by atoms with E-state index in [1.807, 2.05) is 13.8 Å². The van der Waals surface area contributed by atoms with Crippen molar-refractivity contribution in [1.82, 2.24) is 14.9 Å². The summed E-state index contributed by atoms with van der Waals surface area (Å²) in [5.74, 6) is -0.247.